The molecule has 0 spiro atoms. The predicted octanol–water partition coefficient (Wildman–Crippen LogP) is 4.06. The molecule has 2 heterocycles. The summed E-state index contributed by atoms with van der Waals surface area (Å²) in [5.74, 6) is 0.982. The molecule has 0 saturated carbocycles. The van der Waals surface area contributed by atoms with Crippen LogP contribution in [0.1, 0.15) is 46.4 Å². The Labute approximate surface area is 199 Å². The zero-order valence-electron chi connectivity index (χ0n) is 19.2. The maximum absolute atomic E-state index is 13.5. The Kier molecular flexibility index (Phi) is 6.16. The maximum Gasteiger partial charge on any atom is 0.276 e. The van der Waals surface area contributed by atoms with Crippen molar-refractivity contribution in [3.8, 4) is 17.1 Å². The smallest absolute Gasteiger partial charge is 0.276 e. The minimum Gasteiger partial charge on any atom is -0.497 e. The summed E-state index contributed by atoms with van der Waals surface area (Å²) in [7, 11) is -1.57. The Morgan fingerprint density at radius 2 is 1.85 bits per heavy atom. The molecule has 8 heteroatoms. The summed E-state index contributed by atoms with van der Waals surface area (Å²) in [4.78, 5) is 15.1. The van der Waals surface area contributed by atoms with Gasteiger partial charge in [-0.1, -0.05) is 29.4 Å². The summed E-state index contributed by atoms with van der Waals surface area (Å²) >= 11 is 0. The van der Waals surface area contributed by atoms with Crippen LogP contribution in [0, 0.1) is 0 Å². The standard InChI is InChI=1S/C26H28N2O5S/c1-32-23-10-6-18(7-11-23)16-28(22-12-13-34(30,31)17-22)26(29)24-15-25(33-27-24)21-9-8-19-4-2-3-5-20(19)14-21/h6-11,14-15,22H,2-5,12-13,16-17H2,1H3/t22-/m1/s1. The van der Waals surface area contributed by atoms with Crippen molar-refractivity contribution in [1.82, 2.24) is 10.1 Å². The zero-order chi connectivity index (χ0) is 23.7. The van der Waals surface area contributed by atoms with Gasteiger partial charge in [-0.2, -0.15) is 0 Å². The van der Waals surface area contributed by atoms with Gasteiger partial charge in [0, 0.05) is 24.2 Å². The number of rotatable bonds is 6. The van der Waals surface area contributed by atoms with Gasteiger partial charge >= 0.3 is 0 Å². The molecule has 178 valence electrons. The van der Waals surface area contributed by atoms with Crippen LogP contribution in [0.4, 0.5) is 0 Å². The molecule has 1 amide bonds. The van der Waals surface area contributed by atoms with E-state index >= 15 is 0 Å². The number of benzene rings is 2. The Bertz CT molecular complexity index is 1300. The van der Waals surface area contributed by atoms with E-state index < -0.39 is 15.9 Å². The first kappa shape index (κ1) is 22.7. The van der Waals surface area contributed by atoms with Crippen molar-refractivity contribution >= 4 is 15.7 Å². The Morgan fingerprint density at radius 3 is 2.56 bits per heavy atom. The highest BCUT2D eigenvalue weighted by Gasteiger charge is 2.36. The van der Waals surface area contributed by atoms with Crippen molar-refractivity contribution in [2.45, 2.75) is 44.7 Å². The molecule has 1 aliphatic carbocycles. The molecular weight excluding hydrogens is 452 g/mol. The van der Waals surface area contributed by atoms with Gasteiger partial charge in [0.05, 0.1) is 18.6 Å². The van der Waals surface area contributed by atoms with E-state index in [4.69, 9.17) is 9.26 Å². The Hall–Kier alpha value is -3.13. The second-order valence-corrected chi connectivity index (χ2v) is 11.3. The summed E-state index contributed by atoms with van der Waals surface area (Å²) in [6.07, 6.45) is 4.96. The fourth-order valence-corrected chi connectivity index (χ4v) is 6.59. The van der Waals surface area contributed by atoms with E-state index in [-0.39, 0.29) is 29.7 Å². The number of fused-ring (bicyclic) bond motifs is 1. The molecule has 0 N–H and O–H groups in total. The number of aromatic nitrogens is 1. The number of hydrogen-bond acceptors (Lipinski definition) is 6. The number of carbonyl (C=O) groups excluding carboxylic acids is 1. The van der Waals surface area contributed by atoms with E-state index in [1.54, 1.807) is 18.1 Å². The quantitative estimate of drug-likeness (QED) is 0.529. The molecule has 0 bridgehead atoms. The van der Waals surface area contributed by atoms with Crippen LogP contribution in [0.15, 0.2) is 53.1 Å². The van der Waals surface area contributed by atoms with Crippen molar-refractivity contribution in [1.29, 1.82) is 0 Å². The number of nitrogens with zero attached hydrogens (tertiary/aromatic N) is 2. The van der Waals surface area contributed by atoms with Crippen molar-refractivity contribution < 1.29 is 22.5 Å². The van der Waals surface area contributed by atoms with E-state index in [0.29, 0.717) is 12.2 Å². The van der Waals surface area contributed by atoms with Crippen LogP contribution >= 0.6 is 0 Å². The molecule has 1 saturated heterocycles. The third kappa shape index (κ3) is 4.73. The van der Waals surface area contributed by atoms with Gasteiger partial charge in [0.15, 0.2) is 21.3 Å². The zero-order valence-corrected chi connectivity index (χ0v) is 20.0. The molecule has 34 heavy (non-hydrogen) atoms. The van der Waals surface area contributed by atoms with Gasteiger partial charge < -0.3 is 14.2 Å². The van der Waals surface area contributed by atoms with Crippen LogP contribution in [0.2, 0.25) is 0 Å². The topological polar surface area (TPSA) is 89.7 Å². The van der Waals surface area contributed by atoms with Gasteiger partial charge in [0.1, 0.15) is 5.75 Å². The molecule has 1 aliphatic heterocycles. The lowest BCUT2D eigenvalue weighted by Gasteiger charge is -2.27. The van der Waals surface area contributed by atoms with Crippen LogP contribution in [0.5, 0.6) is 5.75 Å². The molecule has 7 nitrogen and oxygen atoms in total. The number of amides is 1. The van der Waals surface area contributed by atoms with Crippen molar-refractivity contribution in [3.63, 3.8) is 0 Å². The first-order valence-electron chi connectivity index (χ1n) is 11.6. The number of methoxy groups -OCH3 is 1. The lowest BCUT2D eigenvalue weighted by atomic mass is 9.90. The van der Waals surface area contributed by atoms with Crippen LogP contribution < -0.4 is 4.74 Å². The SMILES string of the molecule is COc1ccc(CN(C(=O)c2cc(-c3ccc4c(c3)CCCC4)on2)[C@@H]2CCS(=O)(=O)C2)cc1. The minimum absolute atomic E-state index is 0.0373. The molecule has 5 rings (SSSR count). The van der Waals surface area contributed by atoms with E-state index in [1.807, 2.05) is 30.3 Å². The van der Waals surface area contributed by atoms with E-state index in [0.717, 1.165) is 29.7 Å². The third-order valence-corrected chi connectivity index (χ3v) is 8.53. The molecule has 1 atom stereocenters. The highest BCUT2D eigenvalue weighted by molar-refractivity contribution is 7.91. The molecule has 0 unspecified atom stereocenters. The monoisotopic (exact) mass is 480 g/mol. The number of sulfone groups is 1. The van der Waals surface area contributed by atoms with Gasteiger partial charge in [0.2, 0.25) is 0 Å². The Morgan fingerprint density at radius 1 is 1.09 bits per heavy atom. The Balaban J connectivity index is 1.41. The average molecular weight is 481 g/mol. The van der Waals surface area contributed by atoms with Crippen molar-refractivity contribution in [3.05, 3.63) is 70.9 Å². The second-order valence-electron chi connectivity index (χ2n) is 9.10. The lowest BCUT2D eigenvalue weighted by molar-refractivity contribution is 0.0670. The largest absolute Gasteiger partial charge is 0.497 e. The first-order chi connectivity index (χ1) is 16.4. The van der Waals surface area contributed by atoms with Crippen LogP contribution in [0.3, 0.4) is 0 Å². The number of hydrogen-bond donors (Lipinski definition) is 0. The first-order valence-corrected chi connectivity index (χ1v) is 13.5. The molecule has 0 radical (unpaired) electrons. The molecule has 3 aromatic rings. The number of ether oxygens (including phenoxy) is 1. The second kappa shape index (κ2) is 9.25. The molecule has 2 aliphatic rings. The third-order valence-electron chi connectivity index (χ3n) is 6.78. The highest BCUT2D eigenvalue weighted by atomic mass is 32.2. The van der Waals surface area contributed by atoms with Gasteiger partial charge in [-0.3, -0.25) is 4.79 Å². The molecular formula is C26H28N2O5S. The minimum atomic E-state index is -3.16. The summed E-state index contributed by atoms with van der Waals surface area (Å²) in [6, 6.07) is 14.9. The summed E-state index contributed by atoms with van der Waals surface area (Å²) < 4.78 is 35.1. The number of carbonyl (C=O) groups is 1. The lowest BCUT2D eigenvalue weighted by Crippen LogP contribution is -2.40. The summed E-state index contributed by atoms with van der Waals surface area (Å²) in [5, 5.41) is 4.07. The number of aryl methyl sites for hydroxylation is 2. The fraction of sp³-hybridized carbons (Fsp3) is 0.385. The van der Waals surface area contributed by atoms with Crippen LogP contribution in [-0.2, 0) is 29.2 Å². The van der Waals surface area contributed by atoms with Gasteiger partial charge in [-0.25, -0.2) is 8.42 Å². The predicted molar refractivity (Wildman–Crippen MR) is 129 cm³/mol. The average Bonchev–Trinajstić information content (AvgIpc) is 3.49. The van der Waals surface area contributed by atoms with E-state index in [2.05, 4.69) is 17.3 Å². The molecule has 1 fully saturated rings. The normalized spacial score (nSPS) is 18.9. The van der Waals surface area contributed by atoms with Crippen LogP contribution in [0.25, 0.3) is 11.3 Å². The maximum atomic E-state index is 13.5. The van der Waals surface area contributed by atoms with Gasteiger partial charge in [-0.05, 0) is 67.0 Å². The summed E-state index contributed by atoms with van der Waals surface area (Å²) in [6.45, 7) is 0.282. The fourth-order valence-electron chi connectivity index (χ4n) is 4.86. The van der Waals surface area contributed by atoms with E-state index in [1.165, 1.54) is 24.0 Å². The van der Waals surface area contributed by atoms with Crippen LogP contribution in [-0.4, -0.2) is 49.0 Å². The molecule has 2 aromatic carbocycles. The van der Waals surface area contributed by atoms with Gasteiger partial charge in [-0.15, -0.1) is 0 Å². The van der Waals surface area contributed by atoms with Gasteiger partial charge in [0.25, 0.3) is 5.91 Å². The molecule has 1 aromatic heterocycles. The van der Waals surface area contributed by atoms with E-state index in [9.17, 15) is 13.2 Å². The summed E-state index contributed by atoms with van der Waals surface area (Å²) in [5.41, 5.74) is 4.67. The van der Waals surface area contributed by atoms with Crippen molar-refractivity contribution in [2.24, 2.45) is 0 Å². The van der Waals surface area contributed by atoms with Crippen molar-refractivity contribution in [2.75, 3.05) is 18.6 Å². The highest BCUT2D eigenvalue weighted by Crippen LogP contribution is 2.29.